The van der Waals surface area contributed by atoms with Crippen LogP contribution in [-0.2, 0) is 0 Å². The summed E-state index contributed by atoms with van der Waals surface area (Å²) in [6.45, 7) is 1.68. The van der Waals surface area contributed by atoms with Crippen LogP contribution in [0.3, 0.4) is 0 Å². The molecule has 2 aromatic heterocycles. The van der Waals surface area contributed by atoms with Gasteiger partial charge in [-0.3, -0.25) is 10.1 Å². The molecule has 4 aromatic rings. The molecule has 2 aromatic carbocycles. The first-order valence-corrected chi connectivity index (χ1v) is 8.99. The Balaban J connectivity index is 1.68. The number of aryl methyl sites for hydroxylation is 1. The van der Waals surface area contributed by atoms with E-state index in [9.17, 15) is 15.4 Å². The third-order valence-electron chi connectivity index (χ3n) is 4.67. The number of hydrogen-bond donors (Lipinski definition) is 1. The van der Waals surface area contributed by atoms with Gasteiger partial charge in [0.1, 0.15) is 29.2 Å². The number of aromatic nitrogens is 2. The molecule has 0 aliphatic rings. The number of ether oxygens (including phenoxy) is 1. The van der Waals surface area contributed by atoms with Crippen molar-refractivity contribution in [2.24, 2.45) is 0 Å². The number of fused-ring (bicyclic) bond motifs is 1. The lowest BCUT2D eigenvalue weighted by molar-refractivity contribution is -0.385. The van der Waals surface area contributed by atoms with Crippen LogP contribution in [0, 0.1) is 28.4 Å². The average Bonchev–Trinajstić information content (AvgIpc) is 3.38. The molecule has 0 aliphatic carbocycles. The molecule has 0 bridgehead atoms. The van der Waals surface area contributed by atoms with E-state index in [0.717, 1.165) is 5.52 Å². The minimum atomic E-state index is -0.424. The Morgan fingerprint density at radius 1 is 1.27 bits per heavy atom. The minimum absolute atomic E-state index is 0.0245. The van der Waals surface area contributed by atoms with Crippen molar-refractivity contribution in [3.63, 3.8) is 0 Å². The number of allylic oxidation sites excluding steroid dienone is 1. The van der Waals surface area contributed by atoms with E-state index >= 15 is 0 Å². The lowest BCUT2D eigenvalue weighted by Crippen LogP contribution is -1.91. The maximum Gasteiger partial charge on any atom is 0.273 e. The Morgan fingerprint density at radius 3 is 2.83 bits per heavy atom. The third kappa shape index (κ3) is 3.52. The molecule has 0 aliphatic heterocycles. The predicted octanol–water partition coefficient (Wildman–Crippen LogP) is 5.11. The molecule has 30 heavy (non-hydrogen) atoms. The summed E-state index contributed by atoms with van der Waals surface area (Å²) in [6, 6.07) is 15.8. The van der Waals surface area contributed by atoms with Crippen LogP contribution in [0.15, 0.2) is 52.9 Å². The van der Waals surface area contributed by atoms with Crippen molar-refractivity contribution in [1.82, 2.24) is 9.97 Å². The van der Waals surface area contributed by atoms with E-state index in [2.05, 4.69) is 16.0 Å². The van der Waals surface area contributed by atoms with Crippen molar-refractivity contribution >= 4 is 28.4 Å². The Kier molecular flexibility index (Phi) is 4.78. The molecular formula is C22H16N4O4. The number of imidazole rings is 1. The van der Waals surface area contributed by atoms with Crippen molar-refractivity contribution < 1.29 is 14.1 Å². The topological polar surface area (TPSA) is 118 Å². The van der Waals surface area contributed by atoms with E-state index in [1.54, 1.807) is 62.6 Å². The zero-order chi connectivity index (χ0) is 21.3. The van der Waals surface area contributed by atoms with Gasteiger partial charge in [-0.15, -0.1) is 0 Å². The summed E-state index contributed by atoms with van der Waals surface area (Å²) in [6.07, 6.45) is 1.57. The minimum Gasteiger partial charge on any atom is -0.497 e. The third-order valence-corrected chi connectivity index (χ3v) is 4.67. The van der Waals surface area contributed by atoms with Gasteiger partial charge in [-0.25, -0.2) is 4.98 Å². The fourth-order valence-corrected chi connectivity index (χ4v) is 3.08. The molecule has 4 rings (SSSR count). The van der Waals surface area contributed by atoms with E-state index < -0.39 is 4.92 Å². The van der Waals surface area contributed by atoms with Crippen molar-refractivity contribution in [2.45, 2.75) is 6.92 Å². The van der Waals surface area contributed by atoms with Gasteiger partial charge in [-0.05, 0) is 31.2 Å². The molecule has 8 heteroatoms. The number of rotatable bonds is 5. The first-order chi connectivity index (χ1) is 14.5. The lowest BCUT2D eigenvalue weighted by atomic mass is 10.1. The molecule has 0 unspecified atom stereocenters. The van der Waals surface area contributed by atoms with Crippen LogP contribution < -0.4 is 4.74 Å². The quantitative estimate of drug-likeness (QED) is 0.282. The second-order valence-electron chi connectivity index (χ2n) is 6.60. The monoisotopic (exact) mass is 400 g/mol. The van der Waals surface area contributed by atoms with Gasteiger partial charge in [0.05, 0.1) is 28.6 Å². The number of furan rings is 1. The number of nitro benzene ring substituents is 1. The Morgan fingerprint density at radius 2 is 2.10 bits per heavy atom. The molecule has 1 N–H and O–H groups in total. The zero-order valence-electron chi connectivity index (χ0n) is 16.2. The van der Waals surface area contributed by atoms with E-state index in [1.165, 1.54) is 6.07 Å². The van der Waals surface area contributed by atoms with Gasteiger partial charge in [0.25, 0.3) is 5.69 Å². The predicted molar refractivity (Wildman–Crippen MR) is 112 cm³/mol. The number of nitrogens with zero attached hydrogens (tertiary/aromatic N) is 3. The van der Waals surface area contributed by atoms with E-state index in [-0.39, 0.29) is 5.69 Å². The van der Waals surface area contributed by atoms with Gasteiger partial charge >= 0.3 is 0 Å². The number of nitro groups is 1. The number of nitriles is 1. The van der Waals surface area contributed by atoms with Gasteiger partial charge in [0.2, 0.25) is 0 Å². The van der Waals surface area contributed by atoms with Crippen LogP contribution in [0.2, 0.25) is 0 Å². The van der Waals surface area contributed by atoms with Gasteiger partial charge < -0.3 is 14.1 Å². The van der Waals surface area contributed by atoms with E-state index in [1.807, 2.05) is 0 Å². The maximum atomic E-state index is 11.2. The molecule has 0 saturated heterocycles. The summed E-state index contributed by atoms with van der Waals surface area (Å²) in [4.78, 5) is 18.3. The number of methoxy groups -OCH3 is 1. The van der Waals surface area contributed by atoms with Crippen LogP contribution in [0.1, 0.15) is 17.1 Å². The first-order valence-electron chi connectivity index (χ1n) is 8.99. The molecule has 8 nitrogen and oxygen atoms in total. The standard InChI is InChI=1S/C22H16N4O4/c1-13-3-4-14(10-20(13)26(27)28)21-8-6-17(30-21)9-15(12-23)22-24-18-7-5-16(29-2)11-19(18)25-22/h3-11H,1-2H3,(H,24,25)/b15-9-. The highest BCUT2D eigenvalue weighted by Crippen LogP contribution is 2.29. The average molecular weight is 400 g/mol. The van der Waals surface area contributed by atoms with E-state index in [4.69, 9.17) is 9.15 Å². The second kappa shape index (κ2) is 7.56. The first kappa shape index (κ1) is 19.0. The van der Waals surface area contributed by atoms with Crippen LogP contribution in [-0.4, -0.2) is 22.0 Å². The molecule has 0 radical (unpaired) electrons. The molecule has 0 saturated carbocycles. The Hall–Kier alpha value is -4.38. The molecule has 0 fully saturated rings. The van der Waals surface area contributed by atoms with Gasteiger partial charge in [-0.2, -0.15) is 5.26 Å². The summed E-state index contributed by atoms with van der Waals surface area (Å²) >= 11 is 0. The fraction of sp³-hybridized carbons (Fsp3) is 0.0909. The van der Waals surface area contributed by atoms with Crippen molar-refractivity contribution in [1.29, 1.82) is 5.26 Å². The summed E-state index contributed by atoms with van der Waals surface area (Å²) in [5, 5.41) is 20.8. The summed E-state index contributed by atoms with van der Waals surface area (Å²) in [7, 11) is 1.58. The Labute approximate surface area is 171 Å². The summed E-state index contributed by atoms with van der Waals surface area (Å²) < 4.78 is 11.0. The van der Waals surface area contributed by atoms with Crippen molar-refractivity contribution in [3.05, 3.63) is 75.8 Å². The van der Waals surface area contributed by atoms with Crippen LogP contribution >= 0.6 is 0 Å². The molecule has 0 amide bonds. The highest BCUT2D eigenvalue weighted by Gasteiger charge is 2.14. The summed E-state index contributed by atoms with van der Waals surface area (Å²) in [5.41, 5.74) is 2.93. The maximum absolute atomic E-state index is 11.2. The normalized spacial score (nSPS) is 11.4. The Bertz CT molecular complexity index is 1340. The van der Waals surface area contributed by atoms with Gasteiger partial charge in [-0.1, -0.05) is 12.1 Å². The van der Waals surface area contributed by atoms with Crippen molar-refractivity contribution in [2.75, 3.05) is 7.11 Å². The largest absolute Gasteiger partial charge is 0.497 e. The molecule has 148 valence electrons. The molecule has 0 spiro atoms. The SMILES string of the molecule is COc1ccc2nc(/C(C#N)=C\c3ccc(-c4ccc(C)c([N+](=O)[O-])c4)o3)[nH]c2c1. The van der Waals surface area contributed by atoms with Crippen molar-refractivity contribution in [3.8, 4) is 23.1 Å². The highest BCUT2D eigenvalue weighted by atomic mass is 16.6. The fourth-order valence-electron chi connectivity index (χ4n) is 3.08. The van der Waals surface area contributed by atoms with Crippen LogP contribution in [0.4, 0.5) is 5.69 Å². The lowest BCUT2D eigenvalue weighted by Gasteiger charge is -2.00. The molecule has 2 heterocycles. The number of nitrogens with one attached hydrogen (secondary N) is 1. The van der Waals surface area contributed by atoms with Crippen LogP contribution in [0.5, 0.6) is 5.75 Å². The number of aromatic amines is 1. The van der Waals surface area contributed by atoms with E-state index in [0.29, 0.717) is 45.3 Å². The van der Waals surface area contributed by atoms with Crippen LogP contribution in [0.25, 0.3) is 34.0 Å². The smallest absolute Gasteiger partial charge is 0.273 e. The zero-order valence-corrected chi connectivity index (χ0v) is 16.2. The molecular weight excluding hydrogens is 384 g/mol. The van der Waals surface area contributed by atoms with Gasteiger partial charge in [0.15, 0.2) is 0 Å². The number of H-pyrrole nitrogens is 1. The highest BCUT2D eigenvalue weighted by molar-refractivity contribution is 5.90. The summed E-state index contributed by atoms with van der Waals surface area (Å²) in [5.74, 6) is 1.99. The molecule has 0 atom stereocenters. The second-order valence-corrected chi connectivity index (χ2v) is 6.60. The number of hydrogen-bond acceptors (Lipinski definition) is 6. The number of benzene rings is 2. The van der Waals surface area contributed by atoms with Gasteiger partial charge in [0, 0.05) is 29.3 Å².